The van der Waals surface area contributed by atoms with Crippen LogP contribution in [0.1, 0.15) is 33.1 Å². The lowest BCUT2D eigenvalue weighted by Crippen LogP contribution is -2.52. The highest BCUT2D eigenvalue weighted by Gasteiger charge is 2.42. The van der Waals surface area contributed by atoms with E-state index in [9.17, 15) is 18.0 Å². The van der Waals surface area contributed by atoms with Crippen LogP contribution in [0.2, 0.25) is 0 Å². The summed E-state index contributed by atoms with van der Waals surface area (Å²) in [5, 5.41) is 2.78. The molecule has 2 atom stereocenters. The third-order valence-electron chi connectivity index (χ3n) is 4.69. The Bertz CT molecular complexity index is 566. The fourth-order valence-electron chi connectivity index (χ4n) is 3.02. The molecular formula is C15H26N2O5S. The largest absolute Gasteiger partial charge is 0.376 e. The number of nitrogens with one attached hydrogen (secondary N) is 1. The Hall–Kier alpha value is -1.15. The average molecular weight is 346 g/mol. The Balaban J connectivity index is 1.93. The second-order valence-corrected chi connectivity index (χ2v) is 9.17. The zero-order chi connectivity index (χ0) is 17.3. The second-order valence-electron chi connectivity index (χ2n) is 6.94. The molecule has 2 fully saturated rings. The van der Waals surface area contributed by atoms with Gasteiger partial charge in [-0.2, -0.15) is 0 Å². The lowest BCUT2D eigenvalue weighted by atomic mass is 9.89. The van der Waals surface area contributed by atoms with E-state index in [1.54, 1.807) is 20.9 Å². The third-order valence-corrected chi connectivity index (χ3v) is 6.44. The van der Waals surface area contributed by atoms with Gasteiger partial charge in [-0.25, -0.2) is 8.42 Å². The summed E-state index contributed by atoms with van der Waals surface area (Å²) in [4.78, 5) is 26.4. The number of amides is 2. The van der Waals surface area contributed by atoms with Crippen LogP contribution in [0, 0.1) is 5.41 Å². The molecule has 0 spiro atoms. The van der Waals surface area contributed by atoms with Crippen molar-refractivity contribution in [3.8, 4) is 0 Å². The van der Waals surface area contributed by atoms with Gasteiger partial charge in [-0.05, 0) is 33.1 Å². The van der Waals surface area contributed by atoms with Crippen LogP contribution in [0.4, 0.5) is 0 Å². The fourth-order valence-corrected chi connectivity index (χ4v) is 4.79. The second kappa shape index (κ2) is 6.76. The van der Waals surface area contributed by atoms with Crippen molar-refractivity contribution in [1.29, 1.82) is 0 Å². The number of ether oxygens (including phenoxy) is 1. The van der Waals surface area contributed by atoms with Gasteiger partial charge in [0.15, 0.2) is 9.84 Å². The van der Waals surface area contributed by atoms with Crippen LogP contribution < -0.4 is 5.32 Å². The number of nitrogens with zero attached hydrogens (tertiary/aromatic N) is 1. The summed E-state index contributed by atoms with van der Waals surface area (Å²) >= 11 is 0. The maximum Gasteiger partial charge on any atom is 0.237 e. The molecule has 1 N–H and O–H groups in total. The monoisotopic (exact) mass is 346 g/mol. The fraction of sp³-hybridized carbons (Fsp3) is 0.867. The van der Waals surface area contributed by atoms with Gasteiger partial charge in [0.05, 0.1) is 17.6 Å². The van der Waals surface area contributed by atoms with Crippen LogP contribution in [0.3, 0.4) is 0 Å². The lowest BCUT2D eigenvalue weighted by Gasteiger charge is -2.32. The number of rotatable bonds is 5. The first-order valence-corrected chi connectivity index (χ1v) is 9.83. The molecule has 0 aromatic carbocycles. The van der Waals surface area contributed by atoms with Crippen LogP contribution in [-0.4, -0.2) is 69.0 Å². The summed E-state index contributed by atoms with van der Waals surface area (Å²) < 4.78 is 28.6. The van der Waals surface area contributed by atoms with Gasteiger partial charge in [-0.1, -0.05) is 0 Å². The maximum absolute atomic E-state index is 12.6. The molecule has 0 aliphatic carbocycles. The summed E-state index contributed by atoms with van der Waals surface area (Å²) in [6.45, 7) is 4.25. The highest BCUT2D eigenvalue weighted by molar-refractivity contribution is 7.91. The molecule has 0 radical (unpaired) electrons. The zero-order valence-electron chi connectivity index (χ0n) is 14.0. The molecule has 0 aromatic heterocycles. The Morgan fingerprint density at radius 2 is 2.00 bits per heavy atom. The quantitative estimate of drug-likeness (QED) is 0.705. The molecular weight excluding hydrogens is 320 g/mol. The van der Waals surface area contributed by atoms with Gasteiger partial charge in [0.25, 0.3) is 0 Å². The summed E-state index contributed by atoms with van der Waals surface area (Å²) in [5.41, 5.74) is -1.24. The van der Waals surface area contributed by atoms with Gasteiger partial charge >= 0.3 is 0 Å². The smallest absolute Gasteiger partial charge is 0.237 e. The van der Waals surface area contributed by atoms with Crippen LogP contribution in [-0.2, 0) is 24.2 Å². The lowest BCUT2D eigenvalue weighted by molar-refractivity contribution is -0.149. The molecule has 2 rings (SSSR count). The summed E-state index contributed by atoms with van der Waals surface area (Å²) in [6.07, 6.45) is 2.34. The molecule has 2 unspecified atom stereocenters. The molecule has 2 aliphatic rings. The molecule has 7 nitrogen and oxygen atoms in total. The molecule has 2 aliphatic heterocycles. The van der Waals surface area contributed by atoms with Gasteiger partial charge in [0.2, 0.25) is 11.8 Å². The third kappa shape index (κ3) is 4.23. The number of hydrogen-bond donors (Lipinski definition) is 1. The molecule has 2 amide bonds. The Morgan fingerprint density at radius 3 is 2.52 bits per heavy atom. The van der Waals surface area contributed by atoms with E-state index < -0.39 is 15.3 Å². The average Bonchev–Trinajstić information content (AvgIpc) is 3.12. The predicted octanol–water partition coefficient (Wildman–Crippen LogP) is -0.0467. The molecule has 0 bridgehead atoms. The molecule has 2 heterocycles. The van der Waals surface area contributed by atoms with Gasteiger partial charge in [-0.15, -0.1) is 0 Å². The number of carbonyl (C=O) groups is 2. The topological polar surface area (TPSA) is 92.8 Å². The van der Waals surface area contributed by atoms with Gasteiger partial charge in [-0.3, -0.25) is 9.59 Å². The van der Waals surface area contributed by atoms with E-state index in [1.807, 2.05) is 0 Å². The molecule has 8 heteroatoms. The zero-order valence-corrected chi connectivity index (χ0v) is 14.8. The molecule has 0 saturated carbocycles. The van der Waals surface area contributed by atoms with Crippen LogP contribution >= 0.6 is 0 Å². The number of sulfone groups is 1. The van der Waals surface area contributed by atoms with E-state index in [0.29, 0.717) is 19.6 Å². The first kappa shape index (κ1) is 18.2. The first-order chi connectivity index (χ1) is 10.6. The van der Waals surface area contributed by atoms with Crippen molar-refractivity contribution in [2.24, 2.45) is 5.41 Å². The molecule has 2 saturated heterocycles. The van der Waals surface area contributed by atoms with E-state index in [1.165, 1.54) is 4.90 Å². The minimum Gasteiger partial charge on any atom is -0.376 e. The van der Waals surface area contributed by atoms with E-state index in [-0.39, 0.29) is 35.5 Å². The SMILES string of the molecule is CN(C(=O)C(C)(C)C(=O)NCC1CCCO1)C1CCS(=O)(=O)C1. The Morgan fingerprint density at radius 1 is 1.30 bits per heavy atom. The van der Waals surface area contributed by atoms with Gasteiger partial charge in [0, 0.05) is 26.2 Å². The van der Waals surface area contributed by atoms with Crippen molar-refractivity contribution >= 4 is 21.7 Å². The highest BCUT2D eigenvalue weighted by atomic mass is 32.2. The van der Waals surface area contributed by atoms with E-state index >= 15 is 0 Å². The van der Waals surface area contributed by atoms with Crippen molar-refractivity contribution in [1.82, 2.24) is 10.2 Å². The van der Waals surface area contributed by atoms with Crippen molar-refractivity contribution in [2.45, 2.75) is 45.3 Å². The van der Waals surface area contributed by atoms with Crippen molar-refractivity contribution in [3.05, 3.63) is 0 Å². The van der Waals surface area contributed by atoms with Crippen LogP contribution in [0.25, 0.3) is 0 Å². The van der Waals surface area contributed by atoms with E-state index in [4.69, 9.17) is 4.74 Å². The van der Waals surface area contributed by atoms with E-state index in [2.05, 4.69) is 5.32 Å². The normalized spacial score (nSPS) is 26.9. The molecule has 0 aromatic rings. The number of carbonyl (C=O) groups excluding carboxylic acids is 2. The summed E-state index contributed by atoms with van der Waals surface area (Å²) in [7, 11) is -1.50. The first-order valence-electron chi connectivity index (χ1n) is 8.01. The Labute approximate surface area is 137 Å². The van der Waals surface area contributed by atoms with Gasteiger partial charge < -0.3 is 15.0 Å². The molecule has 132 valence electrons. The van der Waals surface area contributed by atoms with Crippen LogP contribution in [0.15, 0.2) is 0 Å². The number of hydrogen-bond acceptors (Lipinski definition) is 5. The van der Waals surface area contributed by atoms with Crippen molar-refractivity contribution in [2.75, 3.05) is 31.7 Å². The molecule has 23 heavy (non-hydrogen) atoms. The van der Waals surface area contributed by atoms with Crippen molar-refractivity contribution in [3.63, 3.8) is 0 Å². The minimum absolute atomic E-state index is 0.0163. The highest BCUT2D eigenvalue weighted by Crippen LogP contribution is 2.24. The van der Waals surface area contributed by atoms with Crippen molar-refractivity contribution < 1.29 is 22.7 Å². The Kier molecular flexibility index (Phi) is 5.35. The standard InChI is InChI=1S/C15H26N2O5S/c1-15(2,13(18)16-9-12-5-4-7-22-12)14(19)17(3)11-6-8-23(20,21)10-11/h11-12H,4-10H2,1-3H3,(H,16,18). The minimum atomic E-state index is -3.07. The van der Waals surface area contributed by atoms with Gasteiger partial charge in [0.1, 0.15) is 5.41 Å². The summed E-state index contributed by atoms with van der Waals surface area (Å²) in [5.74, 6) is -0.640. The summed E-state index contributed by atoms with van der Waals surface area (Å²) in [6, 6.07) is -0.349. The maximum atomic E-state index is 12.6. The van der Waals surface area contributed by atoms with E-state index in [0.717, 1.165) is 12.8 Å². The predicted molar refractivity (Wildman–Crippen MR) is 85.6 cm³/mol. The van der Waals surface area contributed by atoms with Crippen LogP contribution in [0.5, 0.6) is 0 Å².